The number of para-hydroxylation sites is 1. The molecule has 1 N–H and O–H groups in total. The van der Waals surface area contributed by atoms with Crippen LogP contribution in [0.25, 0.3) is 33.2 Å². The Bertz CT molecular complexity index is 1310. The molecule has 0 unspecified atom stereocenters. The molecule has 0 spiro atoms. The number of furan rings is 1. The van der Waals surface area contributed by atoms with Gasteiger partial charge in [0.15, 0.2) is 0 Å². The van der Waals surface area contributed by atoms with E-state index in [0.29, 0.717) is 12.1 Å². The molecule has 0 fully saturated rings. The van der Waals surface area contributed by atoms with E-state index in [1.807, 2.05) is 54.6 Å². The van der Waals surface area contributed by atoms with Gasteiger partial charge in [0.2, 0.25) is 0 Å². The fraction of sp³-hybridized carbons (Fsp3) is 0.0417. The lowest BCUT2D eigenvalue weighted by atomic mass is 10.1. The van der Waals surface area contributed by atoms with Crippen molar-refractivity contribution in [2.75, 3.05) is 0 Å². The number of carbonyl (C=O) groups is 1. The van der Waals surface area contributed by atoms with Crippen molar-refractivity contribution in [2.45, 2.75) is 6.54 Å². The van der Waals surface area contributed by atoms with E-state index in [4.69, 9.17) is 4.42 Å². The quantitative estimate of drug-likeness (QED) is 0.478. The van der Waals surface area contributed by atoms with Crippen molar-refractivity contribution in [3.05, 3.63) is 96.4 Å². The first-order chi connectivity index (χ1) is 14.3. The zero-order valence-corrected chi connectivity index (χ0v) is 15.5. The third-order valence-electron chi connectivity index (χ3n) is 4.90. The first kappa shape index (κ1) is 17.1. The standard InChI is InChI=1S/C24H17N3O2/c28-24(18-8-6-17(7-9-18)21-15-25-11-12-26-21)27-14-16-5-10-20-19-3-1-2-4-22(19)29-23(20)13-16/h1-13,15H,14H2,(H,27,28). The third kappa shape index (κ3) is 3.34. The van der Waals surface area contributed by atoms with Gasteiger partial charge >= 0.3 is 0 Å². The minimum Gasteiger partial charge on any atom is -0.456 e. The first-order valence-corrected chi connectivity index (χ1v) is 9.33. The van der Waals surface area contributed by atoms with Crippen LogP contribution in [0.3, 0.4) is 0 Å². The largest absolute Gasteiger partial charge is 0.456 e. The highest BCUT2D eigenvalue weighted by Crippen LogP contribution is 2.29. The second-order valence-electron chi connectivity index (χ2n) is 6.78. The molecular formula is C24H17N3O2. The molecule has 5 rings (SSSR count). The van der Waals surface area contributed by atoms with E-state index >= 15 is 0 Å². The van der Waals surface area contributed by atoms with Crippen LogP contribution in [0.1, 0.15) is 15.9 Å². The van der Waals surface area contributed by atoms with Crippen molar-refractivity contribution in [1.29, 1.82) is 0 Å². The smallest absolute Gasteiger partial charge is 0.251 e. The lowest BCUT2D eigenvalue weighted by Crippen LogP contribution is -2.22. The number of carbonyl (C=O) groups excluding carboxylic acids is 1. The van der Waals surface area contributed by atoms with Crippen molar-refractivity contribution >= 4 is 27.8 Å². The van der Waals surface area contributed by atoms with Crippen molar-refractivity contribution in [3.63, 3.8) is 0 Å². The van der Waals surface area contributed by atoms with Gasteiger partial charge in [0, 0.05) is 40.8 Å². The van der Waals surface area contributed by atoms with E-state index in [9.17, 15) is 4.79 Å². The average Bonchev–Trinajstić information content (AvgIpc) is 3.16. The number of amides is 1. The Kier molecular flexibility index (Phi) is 4.26. The molecule has 0 bridgehead atoms. The molecule has 0 saturated carbocycles. The normalized spacial score (nSPS) is 11.0. The van der Waals surface area contributed by atoms with Crippen molar-refractivity contribution < 1.29 is 9.21 Å². The van der Waals surface area contributed by atoms with Gasteiger partial charge in [-0.2, -0.15) is 0 Å². The minimum absolute atomic E-state index is 0.125. The molecule has 1 amide bonds. The van der Waals surface area contributed by atoms with Crippen LogP contribution in [0.4, 0.5) is 0 Å². The van der Waals surface area contributed by atoms with Gasteiger partial charge in [0.05, 0.1) is 11.9 Å². The molecule has 0 aliphatic heterocycles. The highest BCUT2D eigenvalue weighted by molar-refractivity contribution is 6.04. The molecular weight excluding hydrogens is 362 g/mol. The van der Waals surface area contributed by atoms with Crippen LogP contribution in [-0.2, 0) is 6.54 Å². The predicted octanol–water partition coefficient (Wildman–Crippen LogP) is 4.97. The van der Waals surface area contributed by atoms with Gasteiger partial charge in [-0.25, -0.2) is 0 Å². The minimum atomic E-state index is -0.125. The first-order valence-electron chi connectivity index (χ1n) is 9.33. The Balaban J connectivity index is 1.30. The van der Waals surface area contributed by atoms with Crippen LogP contribution in [0.15, 0.2) is 89.7 Å². The van der Waals surface area contributed by atoms with Crippen LogP contribution in [0, 0.1) is 0 Å². The predicted molar refractivity (Wildman–Crippen MR) is 112 cm³/mol. The van der Waals surface area contributed by atoms with E-state index in [2.05, 4.69) is 15.3 Å². The Morgan fingerprint density at radius 2 is 1.72 bits per heavy atom. The molecule has 140 valence electrons. The van der Waals surface area contributed by atoms with Gasteiger partial charge in [-0.15, -0.1) is 0 Å². The van der Waals surface area contributed by atoms with Gasteiger partial charge in [-0.3, -0.25) is 14.8 Å². The molecule has 2 heterocycles. The van der Waals surface area contributed by atoms with Crippen LogP contribution in [0.5, 0.6) is 0 Å². The van der Waals surface area contributed by atoms with E-state index in [-0.39, 0.29) is 5.91 Å². The number of aromatic nitrogens is 2. The number of fused-ring (bicyclic) bond motifs is 3. The molecule has 2 aromatic heterocycles. The van der Waals surface area contributed by atoms with Crippen LogP contribution >= 0.6 is 0 Å². The van der Waals surface area contributed by atoms with Gasteiger partial charge in [0.1, 0.15) is 11.2 Å². The summed E-state index contributed by atoms with van der Waals surface area (Å²) in [5, 5.41) is 5.14. The molecule has 0 aliphatic carbocycles. The zero-order valence-electron chi connectivity index (χ0n) is 15.5. The van der Waals surface area contributed by atoms with E-state index < -0.39 is 0 Å². The molecule has 29 heavy (non-hydrogen) atoms. The number of hydrogen-bond acceptors (Lipinski definition) is 4. The molecule has 0 atom stereocenters. The SMILES string of the molecule is O=C(NCc1ccc2c(c1)oc1ccccc12)c1ccc(-c2cnccn2)cc1. The maximum atomic E-state index is 12.5. The number of nitrogens with one attached hydrogen (secondary N) is 1. The summed E-state index contributed by atoms with van der Waals surface area (Å²) in [5.74, 6) is -0.125. The van der Waals surface area contributed by atoms with Crippen molar-refractivity contribution in [1.82, 2.24) is 15.3 Å². The summed E-state index contributed by atoms with van der Waals surface area (Å²) in [4.78, 5) is 20.8. The van der Waals surface area contributed by atoms with Gasteiger partial charge < -0.3 is 9.73 Å². The number of benzene rings is 3. The lowest BCUT2D eigenvalue weighted by Gasteiger charge is -2.06. The van der Waals surface area contributed by atoms with E-state index in [1.54, 1.807) is 30.7 Å². The fourth-order valence-electron chi connectivity index (χ4n) is 3.41. The summed E-state index contributed by atoms with van der Waals surface area (Å²) < 4.78 is 5.92. The Morgan fingerprint density at radius 3 is 2.55 bits per heavy atom. The summed E-state index contributed by atoms with van der Waals surface area (Å²) in [6, 6.07) is 21.3. The number of hydrogen-bond donors (Lipinski definition) is 1. The van der Waals surface area contributed by atoms with Gasteiger partial charge in [0.25, 0.3) is 5.91 Å². The molecule has 3 aromatic carbocycles. The molecule has 0 aliphatic rings. The van der Waals surface area contributed by atoms with Crippen LogP contribution in [-0.4, -0.2) is 15.9 Å². The topological polar surface area (TPSA) is 68.0 Å². The van der Waals surface area contributed by atoms with Crippen LogP contribution in [0.2, 0.25) is 0 Å². The summed E-state index contributed by atoms with van der Waals surface area (Å²) in [7, 11) is 0. The van der Waals surface area contributed by atoms with Gasteiger partial charge in [-0.05, 0) is 29.8 Å². The summed E-state index contributed by atoms with van der Waals surface area (Å²) in [6.45, 7) is 0.428. The fourth-order valence-corrected chi connectivity index (χ4v) is 3.41. The molecule has 5 heteroatoms. The molecule has 5 aromatic rings. The van der Waals surface area contributed by atoms with E-state index in [0.717, 1.165) is 38.8 Å². The molecule has 0 saturated heterocycles. The maximum Gasteiger partial charge on any atom is 0.251 e. The van der Waals surface area contributed by atoms with Crippen LogP contribution < -0.4 is 5.32 Å². The Morgan fingerprint density at radius 1 is 0.897 bits per heavy atom. The van der Waals surface area contributed by atoms with Gasteiger partial charge in [-0.1, -0.05) is 42.5 Å². The monoisotopic (exact) mass is 379 g/mol. The maximum absolute atomic E-state index is 12.5. The Labute approximate surface area is 167 Å². The summed E-state index contributed by atoms with van der Waals surface area (Å²) in [6.07, 6.45) is 4.98. The highest BCUT2D eigenvalue weighted by Gasteiger charge is 2.09. The van der Waals surface area contributed by atoms with Crippen molar-refractivity contribution in [3.8, 4) is 11.3 Å². The second-order valence-corrected chi connectivity index (χ2v) is 6.78. The second kappa shape index (κ2) is 7.20. The molecule has 5 nitrogen and oxygen atoms in total. The van der Waals surface area contributed by atoms with E-state index in [1.165, 1.54) is 0 Å². The number of nitrogens with zero attached hydrogens (tertiary/aromatic N) is 2. The molecule has 0 radical (unpaired) electrons. The summed E-state index contributed by atoms with van der Waals surface area (Å²) in [5.41, 5.74) is 4.98. The Hall–Kier alpha value is -3.99. The number of rotatable bonds is 4. The highest BCUT2D eigenvalue weighted by atomic mass is 16.3. The third-order valence-corrected chi connectivity index (χ3v) is 4.90. The zero-order chi connectivity index (χ0) is 19.6. The summed E-state index contributed by atoms with van der Waals surface area (Å²) >= 11 is 0. The lowest BCUT2D eigenvalue weighted by molar-refractivity contribution is 0.0951. The average molecular weight is 379 g/mol. The van der Waals surface area contributed by atoms with Crippen molar-refractivity contribution in [2.24, 2.45) is 0 Å².